The molecule has 0 aliphatic carbocycles. The Kier molecular flexibility index (Phi) is 6.53. The summed E-state index contributed by atoms with van der Waals surface area (Å²) in [4.78, 5) is 2.55. The van der Waals surface area contributed by atoms with Crippen LogP contribution in [0.1, 0.15) is 46.2 Å². The van der Waals surface area contributed by atoms with Crippen molar-refractivity contribution in [1.82, 2.24) is 4.90 Å². The van der Waals surface area contributed by atoms with Crippen LogP contribution in [0.4, 0.5) is 0 Å². The van der Waals surface area contributed by atoms with Gasteiger partial charge in [0.1, 0.15) is 0 Å². The molecule has 0 aliphatic rings. The largest absolute Gasteiger partial charge is 0.326 e. The maximum Gasteiger partial charge on any atom is 0.0496 e. The Labute approximate surface area is 119 Å². The Morgan fingerprint density at radius 2 is 1.37 bits per heavy atom. The molecule has 2 N–H and O–H groups in total. The summed E-state index contributed by atoms with van der Waals surface area (Å²) in [5.74, 6) is 1.31. The van der Waals surface area contributed by atoms with Crippen LogP contribution in [0.25, 0.3) is 0 Å². The summed E-state index contributed by atoms with van der Waals surface area (Å²) in [7, 11) is 0. The Balaban J connectivity index is 2.98. The van der Waals surface area contributed by atoms with E-state index in [-0.39, 0.29) is 6.04 Å². The van der Waals surface area contributed by atoms with E-state index in [1.54, 1.807) is 0 Å². The lowest BCUT2D eigenvalue weighted by Crippen LogP contribution is -2.43. The lowest BCUT2D eigenvalue weighted by atomic mass is 9.97. The third-order valence-corrected chi connectivity index (χ3v) is 3.23. The topological polar surface area (TPSA) is 29.3 Å². The minimum Gasteiger partial charge on any atom is -0.326 e. The van der Waals surface area contributed by atoms with Crippen molar-refractivity contribution in [2.45, 2.75) is 46.7 Å². The smallest absolute Gasteiger partial charge is 0.0496 e. The van der Waals surface area contributed by atoms with Gasteiger partial charge in [-0.3, -0.25) is 4.90 Å². The van der Waals surface area contributed by atoms with Gasteiger partial charge in [-0.05, 0) is 24.3 Å². The quantitative estimate of drug-likeness (QED) is 0.812. The molecule has 0 saturated heterocycles. The van der Waals surface area contributed by atoms with Crippen LogP contribution >= 0.6 is 0 Å². The number of nitrogens with zero attached hydrogens (tertiary/aromatic N) is 1. The van der Waals surface area contributed by atoms with Crippen molar-refractivity contribution in [3.63, 3.8) is 0 Å². The van der Waals surface area contributed by atoms with E-state index in [0.29, 0.717) is 17.9 Å². The first-order valence-electron chi connectivity index (χ1n) is 7.46. The molecule has 1 rings (SSSR count). The Morgan fingerprint density at radius 1 is 0.895 bits per heavy atom. The number of benzene rings is 1. The van der Waals surface area contributed by atoms with Crippen molar-refractivity contribution in [3.05, 3.63) is 35.9 Å². The molecule has 0 heterocycles. The van der Waals surface area contributed by atoms with Crippen LogP contribution in [0.2, 0.25) is 0 Å². The van der Waals surface area contributed by atoms with Crippen molar-refractivity contribution in [1.29, 1.82) is 0 Å². The third kappa shape index (κ3) is 5.33. The normalized spacial score (nSPS) is 15.2. The lowest BCUT2D eigenvalue weighted by molar-refractivity contribution is 0.140. The van der Waals surface area contributed by atoms with Crippen molar-refractivity contribution in [3.8, 4) is 0 Å². The highest BCUT2D eigenvalue weighted by Gasteiger charge is 2.24. The van der Waals surface area contributed by atoms with E-state index in [1.807, 2.05) is 0 Å². The molecule has 108 valence electrons. The number of rotatable bonds is 7. The summed E-state index contributed by atoms with van der Waals surface area (Å²) in [6.45, 7) is 13.4. The molecule has 0 amide bonds. The van der Waals surface area contributed by atoms with Crippen molar-refractivity contribution >= 4 is 0 Å². The monoisotopic (exact) mass is 262 g/mol. The molecular formula is C17H30N2. The zero-order valence-electron chi connectivity index (χ0n) is 13.1. The lowest BCUT2D eigenvalue weighted by Gasteiger charge is -2.37. The van der Waals surface area contributed by atoms with Crippen LogP contribution in [0.15, 0.2) is 30.3 Å². The summed E-state index contributed by atoms with van der Waals surface area (Å²) >= 11 is 0. The van der Waals surface area contributed by atoms with E-state index in [1.165, 1.54) is 5.56 Å². The highest BCUT2D eigenvalue weighted by molar-refractivity contribution is 5.20. The second-order valence-electron chi connectivity index (χ2n) is 6.46. The average Bonchev–Trinajstić information content (AvgIpc) is 2.28. The molecule has 0 saturated carbocycles. The molecule has 2 atom stereocenters. The van der Waals surface area contributed by atoms with Crippen molar-refractivity contribution in [2.24, 2.45) is 17.6 Å². The molecule has 0 bridgehead atoms. The predicted molar refractivity (Wildman–Crippen MR) is 84.1 cm³/mol. The van der Waals surface area contributed by atoms with Gasteiger partial charge in [-0.25, -0.2) is 0 Å². The Bertz CT molecular complexity index is 334. The minimum atomic E-state index is 0.139. The summed E-state index contributed by atoms with van der Waals surface area (Å²) < 4.78 is 0. The number of nitrogens with two attached hydrogens (primary N) is 1. The zero-order valence-corrected chi connectivity index (χ0v) is 13.1. The van der Waals surface area contributed by atoms with Gasteiger partial charge < -0.3 is 5.73 Å². The maximum atomic E-state index is 6.28. The van der Waals surface area contributed by atoms with Crippen molar-refractivity contribution in [2.75, 3.05) is 13.1 Å². The van der Waals surface area contributed by atoms with Gasteiger partial charge >= 0.3 is 0 Å². The minimum absolute atomic E-state index is 0.139. The molecule has 0 aliphatic heterocycles. The SMILES string of the molecule is CC(C)CN(CC(C)C)C(c1ccccc1)C(C)N. The fourth-order valence-corrected chi connectivity index (χ4v) is 2.74. The molecule has 0 spiro atoms. The van der Waals surface area contributed by atoms with E-state index in [0.717, 1.165) is 13.1 Å². The van der Waals surface area contributed by atoms with Crippen LogP contribution in [0.5, 0.6) is 0 Å². The molecular weight excluding hydrogens is 232 g/mol. The van der Waals surface area contributed by atoms with Crippen LogP contribution in [-0.2, 0) is 0 Å². The first-order chi connectivity index (χ1) is 8.91. The molecule has 2 heteroatoms. The summed E-state index contributed by atoms with van der Waals surface area (Å²) in [6, 6.07) is 11.1. The van der Waals surface area contributed by atoms with Gasteiger partial charge in [0, 0.05) is 25.2 Å². The molecule has 2 nitrogen and oxygen atoms in total. The van der Waals surface area contributed by atoms with E-state index >= 15 is 0 Å². The second-order valence-corrected chi connectivity index (χ2v) is 6.46. The van der Waals surface area contributed by atoms with Crippen LogP contribution in [0.3, 0.4) is 0 Å². The molecule has 0 aromatic heterocycles. The highest BCUT2D eigenvalue weighted by Crippen LogP contribution is 2.25. The van der Waals surface area contributed by atoms with Gasteiger partial charge in [-0.2, -0.15) is 0 Å². The average molecular weight is 262 g/mol. The summed E-state index contributed by atoms with van der Waals surface area (Å²) in [5.41, 5.74) is 7.61. The van der Waals surface area contributed by atoms with Gasteiger partial charge in [0.05, 0.1) is 0 Å². The first-order valence-corrected chi connectivity index (χ1v) is 7.46. The number of hydrogen-bond acceptors (Lipinski definition) is 2. The predicted octanol–water partition coefficient (Wildman–Crippen LogP) is 3.69. The summed E-state index contributed by atoms with van der Waals surface area (Å²) in [5, 5.41) is 0. The Morgan fingerprint density at radius 3 is 1.74 bits per heavy atom. The van der Waals surface area contributed by atoms with Gasteiger partial charge in [-0.15, -0.1) is 0 Å². The third-order valence-electron chi connectivity index (χ3n) is 3.23. The second kappa shape index (κ2) is 7.66. The first kappa shape index (κ1) is 16.2. The van der Waals surface area contributed by atoms with E-state index < -0.39 is 0 Å². The zero-order chi connectivity index (χ0) is 14.4. The number of hydrogen-bond donors (Lipinski definition) is 1. The molecule has 0 fully saturated rings. The van der Waals surface area contributed by atoms with Crippen LogP contribution in [0, 0.1) is 11.8 Å². The van der Waals surface area contributed by atoms with Gasteiger partial charge in [-0.1, -0.05) is 58.0 Å². The standard InChI is InChI=1S/C17H30N2/c1-13(2)11-19(12-14(3)4)17(15(5)18)16-9-7-6-8-10-16/h6-10,13-15,17H,11-12,18H2,1-5H3. The summed E-state index contributed by atoms with van der Waals surface area (Å²) in [6.07, 6.45) is 0. The maximum absolute atomic E-state index is 6.28. The fraction of sp³-hybridized carbons (Fsp3) is 0.647. The molecule has 1 aromatic rings. The van der Waals surface area contributed by atoms with E-state index in [4.69, 9.17) is 5.73 Å². The van der Waals surface area contributed by atoms with E-state index in [9.17, 15) is 0 Å². The van der Waals surface area contributed by atoms with Crippen LogP contribution in [-0.4, -0.2) is 24.0 Å². The van der Waals surface area contributed by atoms with Crippen LogP contribution < -0.4 is 5.73 Å². The van der Waals surface area contributed by atoms with E-state index in [2.05, 4.69) is 69.9 Å². The molecule has 2 unspecified atom stereocenters. The van der Waals surface area contributed by atoms with Gasteiger partial charge in [0.15, 0.2) is 0 Å². The van der Waals surface area contributed by atoms with Crippen molar-refractivity contribution < 1.29 is 0 Å². The highest BCUT2D eigenvalue weighted by atomic mass is 15.2. The molecule has 1 aromatic carbocycles. The molecule has 0 radical (unpaired) electrons. The van der Waals surface area contributed by atoms with Gasteiger partial charge in [0.25, 0.3) is 0 Å². The van der Waals surface area contributed by atoms with Gasteiger partial charge in [0.2, 0.25) is 0 Å². The molecule has 19 heavy (non-hydrogen) atoms. The fourth-order valence-electron chi connectivity index (χ4n) is 2.74. The Hall–Kier alpha value is -0.860.